The van der Waals surface area contributed by atoms with Crippen LogP contribution in [0.4, 0.5) is 4.39 Å². The van der Waals surface area contributed by atoms with Gasteiger partial charge in [-0.1, -0.05) is 29.3 Å². The highest BCUT2D eigenvalue weighted by atomic mass is 79.9. The number of rotatable bonds is 7. The molecule has 0 amide bonds. The summed E-state index contributed by atoms with van der Waals surface area (Å²) >= 11 is 3.36. The van der Waals surface area contributed by atoms with E-state index in [2.05, 4.69) is 21.2 Å². The number of benzene rings is 1. The molecule has 0 bridgehead atoms. The summed E-state index contributed by atoms with van der Waals surface area (Å²) in [5.41, 5.74) is 0.783. The fraction of sp³-hybridized carbons (Fsp3) is 0.500. The lowest BCUT2D eigenvalue weighted by Gasteiger charge is -2.17. The number of ether oxygens (including phenoxy) is 1. The molecule has 0 aromatic heterocycles. The highest BCUT2D eigenvalue weighted by Crippen LogP contribution is 2.18. The second-order valence-electron chi connectivity index (χ2n) is 4.21. The largest absolute Gasteiger partial charge is 0.465 e. The minimum atomic E-state index is -0.347. The predicted molar refractivity (Wildman–Crippen MR) is 76.3 cm³/mol. The molecule has 0 aliphatic rings. The molecule has 0 saturated carbocycles. The zero-order valence-electron chi connectivity index (χ0n) is 11.2. The van der Waals surface area contributed by atoms with Gasteiger partial charge in [-0.25, -0.2) is 4.39 Å². The van der Waals surface area contributed by atoms with E-state index in [1.807, 2.05) is 6.92 Å². The molecule has 5 heteroatoms. The molecule has 0 fully saturated rings. The van der Waals surface area contributed by atoms with E-state index in [1.165, 1.54) is 12.1 Å². The number of halogens is 2. The summed E-state index contributed by atoms with van der Waals surface area (Å²) in [7, 11) is 0. The standard InChI is InChI=1S/C14H19BrFNO2/c1-3-5-13(14(18)19-4-2)17-9-10-8-11(16)6-7-12(10)15/h6-8,13,17H,3-5,9H2,1-2H3. The van der Waals surface area contributed by atoms with Crippen molar-refractivity contribution in [2.45, 2.75) is 39.3 Å². The Morgan fingerprint density at radius 3 is 2.84 bits per heavy atom. The van der Waals surface area contributed by atoms with E-state index in [0.29, 0.717) is 19.6 Å². The lowest BCUT2D eigenvalue weighted by atomic mass is 10.1. The van der Waals surface area contributed by atoms with Crippen molar-refractivity contribution in [1.29, 1.82) is 0 Å². The van der Waals surface area contributed by atoms with Gasteiger partial charge in [-0.15, -0.1) is 0 Å². The molecule has 0 aliphatic heterocycles. The third kappa shape index (κ3) is 5.28. The summed E-state index contributed by atoms with van der Waals surface area (Å²) in [6.07, 6.45) is 1.58. The van der Waals surface area contributed by atoms with Gasteiger partial charge in [0, 0.05) is 11.0 Å². The summed E-state index contributed by atoms with van der Waals surface area (Å²) in [5, 5.41) is 3.12. The monoisotopic (exact) mass is 331 g/mol. The van der Waals surface area contributed by atoms with Crippen LogP contribution < -0.4 is 5.32 Å². The molecule has 1 aromatic carbocycles. The summed E-state index contributed by atoms with van der Waals surface area (Å²) in [6.45, 7) is 4.57. The van der Waals surface area contributed by atoms with Crippen molar-refractivity contribution < 1.29 is 13.9 Å². The van der Waals surface area contributed by atoms with Crippen molar-refractivity contribution in [3.63, 3.8) is 0 Å². The predicted octanol–water partition coefficient (Wildman–Crippen LogP) is 3.41. The zero-order valence-corrected chi connectivity index (χ0v) is 12.8. The highest BCUT2D eigenvalue weighted by Gasteiger charge is 2.18. The van der Waals surface area contributed by atoms with Crippen LogP contribution in [0.15, 0.2) is 22.7 Å². The quantitative estimate of drug-likeness (QED) is 0.778. The number of nitrogens with one attached hydrogen (secondary N) is 1. The number of carbonyl (C=O) groups is 1. The third-order valence-electron chi connectivity index (χ3n) is 2.70. The lowest BCUT2D eigenvalue weighted by molar-refractivity contribution is -0.145. The van der Waals surface area contributed by atoms with E-state index in [9.17, 15) is 9.18 Å². The number of esters is 1. The first-order valence-corrected chi connectivity index (χ1v) is 7.21. The Hall–Kier alpha value is -0.940. The van der Waals surface area contributed by atoms with Crippen molar-refractivity contribution in [3.05, 3.63) is 34.1 Å². The molecule has 1 rings (SSSR count). The van der Waals surface area contributed by atoms with Crippen LogP contribution in [0.1, 0.15) is 32.3 Å². The first-order chi connectivity index (χ1) is 9.08. The van der Waals surface area contributed by atoms with Crippen LogP contribution in [0.5, 0.6) is 0 Å². The Labute approximate surface area is 121 Å². The van der Waals surface area contributed by atoms with E-state index < -0.39 is 0 Å². The third-order valence-corrected chi connectivity index (χ3v) is 3.47. The fourth-order valence-corrected chi connectivity index (χ4v) is 2.13. The van der Waals surface area contributed by atoms with Gasteiger partial charge >= 0.3 is 5.97 Å². The van der Waals surface area contributed by atoms with Crippen LogP contribution in [0.3, 0.4) is 0 Å². The summed E-state index contributed by atoms with van der Waals surface area (Å²) < 4.78 is 19.0. The Balaban J connectivity index is 2.65. The molecule has 106 valence electrons. The van der Waals surface area contributed by atoms with Gasteiger partial charge in [0.2, 0.25) is 0 Å². The molecule has 0 radical (unpaired) electrons. The van der Waals surface area contributed by atoms with E-state index in [1.54, 1.807) is 13.0 Å². The Morgan fingerprint density at radius 1 is 1.47 bits per heavy atom. The van der Waals surface area contributed by atoms with Crippen molar-refractivity contribution >= 4 is 21.9 Å². The van der Waals surface area contributed by atoms with Crippen LogP contribution in [0, 0.1) is 5.82 Å². The van der Waals surface area contributed by atoms with Gasteiger partial charge in [-0.2, -0.15) is 0 Å². The average Bonchev–Trinajstić information content (AvgIpc) is 2.38. The normalized spacial score (nSPS) is 12.2. The topological polar surface area (TPSA) is 38.3 Å². The van der Waals surface area contributed by atoms with Crippen LogP contribution in [-0.4, -0.2) is 18.6 Å². The maximum absolute atomic E-state index is 13.2. The summed E-state index contributed by atoms with van der Waals surface area (Å²) in [6, 6.07) is 4.15. The van der Waals surface area contributed by atoms with Gasteiger partial charge < -0.3 is 10.1 Å². The Bertz CT molecular complexity index is 426. The maximum Gasteiger partial charge on any atom is 0.323 e. The SMILES string of the molecule is CCCC(NCc1cc(F)ccc1Br)C(=O)OCC. The molecular weight excluding hydrogens is 313 g/mol. The number of carbonyl (C=O) groups excluding carboxylic acids is 1. The molecule has 1 N–H and O–H groups in total. The van der Waals surface area contributed by atoms with Gasteiger partial charge in [-0.3, -0.25) is 4.79 Å². The second-order valence-corrected chi connectivity index (χ2v) is 5.06. The minimum absolute atomic E-state index is 0.253. The van der Waals surface area contributed by atoms with Gasteiger partial charge in [-0.05, 0) is 37.1 Å². The van der Waals surface area contributed by atoms with E-state index in [0.717, 1.165) is 16.5 Å². The Kier molecular flexibility index (Phi) is 7.02. The molecule has 19 heavy (non-hydrogen) atoms. The fourth-order valence-electron chi connectivity index (χ4n) is 1.75. The molecular formula is C14H19BrFNO2. The average molecular weight is 332 g/mol. The van der Waals surface area contributed by atoms with Crippen LogP contribution in [-0.2, 0) is 16.1 Å². The van der Waals surface area contributed by atoms with Crippen molar-refractivity contribution in [3.8, 4) is 0 Å². The molecule has 1 unspecified atom stereocenters. The first-order valence-electron chi connectivity index (χ1n) is 6.42. The van der Waals surface area contributed by atoms with E-state index in [-0.39, 0.29) is 17.8 Å². The highest BCUT2D eigenvalue weighted by molar-refractivity contribution is 9.10. The molecule has 0 aliphatic carbocycles. The molecule has 3 nitrogen and oxygen atoms in total. The molecule has 0 saturated heterocycles. The first kappa shape index (κ1) is 16.1. The number of hydrogen-bond donors (Lipinski definition) is 1. The molecule has 0 heterocycles. The zero-order chi connectivity index (χ0) is 14.3. The summed E-state index contributed by atoms with van der Waals surface area (Å²) in [5.74, 6) is -0.542. The molecule has 1 atom stereocenters. The van der Waals surface area contributed by atoms with Crippen LogP contribution in [0.25, 0.3) is 0 Å². The van der Waals surface area contributed by atoms with Gasteiger partial charge in [0.15, 0.2) is 0 Å². The smallest absolute Gasteiger partial charge is 0.323 e. The van der Waals surface area contributed by atoms with Crippen LogP contribution in [0.2, 0.25) is 0 Å². The van der Waals surface area contributed by atoms with Crippen molar-refractivity contribution in [2.24, 2.45) is 0 Å². The van der Waals surface area contributed by atoms with Crippen LogP contribution >= 0.6 is 15.9 Å². The van der Waals surface area contributed by atoms with Crippen molar-refractivity contribution in [2.75, 3.05) is 6.61 Å². The maximum atomic E-state index is 13.2. The minimum Gasteiger partial charge on any atom is -0.465 e. The van der Waals surface area contributed by atoms with Crippen molar-refractivity contribution in [1.82, 2.24) is 5.32 Å². The molecule has 0 spiro atoms. The van der Waals surface area contributed by atoms with E-state index >= 15 is 0 Å². The Morgan fingerprint density at radius 2 is 2.21 bits per heavy atom. The van der Waals surface area contributed by atoms with Gasteiger partial charge in [0.25, 0.3) is 0 Å². The lowest BCUT2D eigenvalue weighted by Crippen LogP contribution is -2.37. The number of hydrogen-bond acceptors (Lipinski definition) is 3. The second kappa shape index (κ2) is 8.27. The summed E-state index contributed by atoms with van der Waals surface area (Å²) in [4.78, 5) is 11.7. The molecule has 1 aromatic rings. The van der Waals surface area contributed by atoms with E-state index in [4.69, 9.17) is 4.74 Å². The van der Waals surface area contributed by atoms with Gasteiger partial charge in [0.1, 0.15) is 11.9 Å². The van der Waals surface area contributed by atoms with Gasteiger partial charge in [0.05, 0.1) is 6.61 Å².